The van der Waals surface area contributed by atoms with E-state index in [4.69, 9.17) is 18.9 Å². The summed E-state index contributed by atoms with van der Waals surface area (Å²) in [5, 5.41) is 8.23. The fraction of sp³-hybridized carbons (Fsp3) is 0.511. The number of pyridine rings is 1. The van der Waals surface area contributed by atoms with Crippen LogP contribution in [0.3, 0.4) is 0 Å². The molecule has 0 bridgehead atoms. The summed E-state index contributed by atoms with van der Waals surface area (Å²) in [7, 11) is 0. The van der Waals surface area contributed by atoms with E-state index >= 15 is 0 Å². The highest BCUT2D eigenvalue weighted by atomic mass is 16.6. The van der Waals surface area contributed by atoms with Crippen LogP contribution in [0.5, 0.6) is 5.75 Å². The predicted molar refractivity (Wildman–Crippen MR) is 222 cm³/mol. The van der Waals surface area contributed by atoms with E-state index in [1.807, 2.05) is 64.1 Å². The zero-order valence-electron chi connectivity index (χ0n) is 35.5. The summed E-state index contributed by atoms with van der Waals surface area (Å²) in [5.74, 6) is -0.970. The van der Waals surface area contributed by atoms with Gasteiger partial charge in [0.1, 0.15) is 35.6 Å². The van der Waals surface area contributed by atoms with Crippen LogP contribution in [0.15, 0.2) is 73.1 Å². The first-order valence-electron chi connectivity index (χ1n) is 20.3. The van der Waals surface area contributed by atoms with Gasteiger partial charge < -0.3 is 39.8 Å². The Kier molecular flexibility index (Phi) is 17.1. The lowest BCUT2D eigenvalue weighted by Gasteiger charge is -2.34. The summed E-state index contributed by atoms with van der Waals surface area (Å²) in [6.45, 7) is 14.5. The number of amides is 4. The molecule has 4 amide bonds. The number of esters is 1. The number of benzene rings is 2. The van der Waals surface area contributed by atoms with Crippen molar-refractivity contribution in [3.8, 4) is 5.75 Å². The lowest BCUT2D eigenvalue weighted by molar-refractivity contribution is -0.156. The van der Waals surface area contributed by atoms with Crippen LogP contribution in [0.2, 0.25) is 0 Å². The van der Waals surface area contributed by atoms with Gasteiger partial charge in [-0.15, -0.1) is 0 Å². The van der Waals surface area contributed by atoms with Crippen molar-refractivity contribution in [2.45, 2.75) is 123 Å². The van der Waals surface area contributed by atoms with Crippen molar-refractivity contribution < 1.29 is 42.9 Å². The Hall–Kier alpha value is -5.66. The number of aryl methyl sites for hydroxylation is 2. The number of hydrogen-bond donors (Lipinski definition) is 3. The van der Waals surface area contributed by atoms with E-state index in [0.717, 1.165) is 41.5 Å². The van der Waals surface area contributed by atoms with Crippen LogP contribution in [0.1, 0.15) is 95.9 Å². The van der Waals surface area contributed by atoms with Gasteiger partial charge in [-0.1, -0.05) is 36.4 Å². The molecule has 59 heavy (non-hydrogen) atoms. The number of ether oxygens (including phenoxy) is 4. The van der Waals surface area contributed by atoms with Crippen molar-refractivity contribution in [3.05, 3.63) is 95.3 Å². The van der Waals surface area contributed by atoms with E-state index < -0.39 is 53.6 Å². The predicted octanol–water partition coefficient (Wildman–Crippen LogP) is 6.57. The molecule has 1 fully saturated rings. The molecule has 3 aromatic rings. The minimum absolute atomic E-state index is 0.0504. The third-order valence-corrected chi connectivity index (χ3v) is 9.46. The van der Waals surface area contributed by atoms with E-state index in [1.165, 1.54) is 0 Å². The van der Waals surface area contributed by atoms with Gasteiger partial charge in [-0.3, -0.25) is 19.4 Å². The summed E-state index contributed by atoms with van der Waals surface area (Å²) < 4.78 is 22.5. The first kappa shape index (κ1) is 46.0. The molecule has 14 heteroatoms. The average Bonchev–Trinajstić information content (AvgIpc) is 3.18. The van der Waals surface area contributed by atoms with Gasteiger partial charge in [0.15, 0.2) is 0 Å². The summed E-state index contributed by atoms with van der Waals surface area (Å²) in [5.41, 5.74) is 2.03. The van der Waals surface area contributed by atoms with Gasteiger partial charge in [0.2, 0.25) is 11.8 Å². The SMILES string of the molecule is Cc1ccc(OCCC2CCCN(C(=O)OC(C)(C)C)C2)cc1CNC(=O)C(CCc1ccncc1)NC(=O)[C@H](CC(=O)OC(C)(C)C)NC(=O)OCc1ccccc1. The molecule has 2 aromatic carbocycles. The van der Waals surface area contributed by atoms with Crippen molar-refractivity contribution in [3.63, 3.8) is 0 Å². The number of likely N-dealkylation sites (tertiary alicyclic amines) is 1. The van der Waals surface area contributed by atoms with Crippen molar-refractivity contribution in [2.24, 2.45) is 5.92 Å². The van der Waals surface area contributed by atoms with E-state index in [-0.39, 0.29) is 25.7 Å². The van der Waals surface area contributed by atoms with Crippen LogP contribution in [0, 0.1) is 12.8 Å². The minimum Gasteiger partial charge on any atom is -0.494 e. The topological polar surface area (TPSA) is 174 Å². The average molecular weight is 816 g/mol. The van der Waals surface area contributed by atoms with Gasteiger partial charge >= 0.3 is 18.2 Å². The summed E-state index contributed by atoms with van der Waals surface area (Å²) in [4.78, 5) is 72.0. The molecule has 3 N–H and O–H groups in total. The number of carbonyl (C=O) groups excluding carboxylic acids is 5. The van der Waals surface area contributed by atoms with Gasteiger partial charge in [0.25, 0.3) is 0 Å². The van der Waals surface area contributed by atoms with E-state index in [2.05, 4.69) is 20.9 Å². The quantitative estimate of drug-likeness (QED) is 0.1000. The summed E-state index contributed by atoms with van der Waals surface area (Å²) >= 11 is 0. The van der Waals surface area contributed by atoms with Crippen LogP contribution in [-0.2, 0) is 48.2 Å². The molecule has 0 radical (unpaired) electrons. The molecule has 1 saturated heterocycles. The van der Waals surface area contributed by atoms with Crippen molar-refractivity contribution in [1.29, 1.82) is 0 Å². The van der Waals surface area contributed by atoms with Crippen molar-refractivity contribution in [1.82, 2.24) is 25.8 Å². The normalized spacial score (nSPS) is 15.2. The fourth-order valence-corrected chi connectivity index (χ4v) is 6.44. The maximum Gasteiger partial charge on any atom is 0.410 e. The molecular formula is C45H61N5O9. The molecule has 14 nitrogen and oxygen atoms in total. The monoisotopic (exact) mass is 815 g/mol. The molecule has 2 heterocycles. The Bertz CT molecular complexity index is 1840. The second kappa shape index (κ2) is 21.9. The highest BCUT2D eigenvalue weighted by Gasteiger charge is 2.31. The molecule has 1 aliphatic rings. The first-order valence-corrected chi connectivity index (χ1v) is 20.3. The number of nitrogens with one attached hydrogen (secondary N) is 3. The number of rotatable bonds is 17. The minimum atomic E-state index is -1.39. The van der Waals surface area contributed by atoms with Crippen LogP contribution in [-0.4, -0.2) is 82.8 Å². The molecule has 1 aliphatic heterocycles. The molecule has 0 saturated carbocycles. The van der Waals surface area contributed by atoms with Crippen molar-refractivity contribution in [2.75, 3.05) is 19.7 Å². The summed E-state index contributed by atoms with van der Waals surface area (Å²) in [6.07, 6.45) is 4.94. The Morgan fingerprint density at radius 1 is 0.847 bits per heavy atom. The lowest BCUT2D eigenvalue weighted by atomic mass is 9.95. The van der Waals surface area contributed by atoms with Crippen molar-refractivity contribution >= 4 is 30.0 Å². The number of nitrogens with zero attached hydrogens (tertiary/aromatic N) is 2. The second-order valence-electron chi connectivity index (χ2n) is 16.9. The van der Waals surface area contributed by atoms with Gasteiger partial charge in [-0.05, 0) is 133 Å². The number of hydrogen-bond acceptors (Lipinski definition) is 10. The second-order valence-corrected chi connectivity index (χ2v) is 16.9. The van der Waals surface area contributed by atoms with Gasteiger partial charge in [-0.2, -0.15) is 0 Å². The van der Waals surface area contributed by atoms with Gasteiger partial charge in [0.05, 0.1) is 13.0 Å². The highest BCUT2D eigenvalue weighted by Crippen LogP contribution is 2.24. The Morgan fingerprint density at radius 2 is 1.56 bits per heavy atom. The van der Waals surface area contributed by atoms with Crippen LogP contribution >= 0.6 is 0 Å². The smallest absolute Gasteiger partial charge is 0.410 e. The maximum atomic E-state index is 13.9. The fourth-order valence-electron chi connectivity index (χ4n) is 6.44. The van der Waals surface area contributed by atoms with E-state index in [9.17, 15) is 24.0 Å². The van der Waals surface area contributed by atoms with E-state index in [1.54, 1.807) is 62.3 Å². The largest absolute Gasteiger partial charge is 0.494 e. The molecular weight excluding hydrogens is 755 g/mol. The van der Waals surface area contributed by atoms with Gasteiger partial charge in [0, 0.05) is 32.0 Å². The zero-order chi connectivity index (χ0) is 43.0. The molecule has 3 atom stereocenters. The molecule has 320 valence electrons. The summed E-state index contributed by atoms with van der Waals surface area (Å²) in [6, 6.07) is 15.9. The maximum absolute atomic E-state index is 13.9. The number of piperidine rings is 1. The van der Waals surface area contributed by atoms with Gasteiger partial charge in [-0.25, -0.2) is 9.59 Å². The van der Waals surface area contributed by atoms with Crippen LogP contribution in [0.4, 0.5) is 9.59 Å². The lowest BCUT2D eigenvalue weighted by Crippen LogP contribution is -2.54. The molecule has 2 unspecified atom stereocenters. The van der Waals surface area contributed by atoms with E-state index in [0.29, 0.717) is 37.8 Å². The molecule has 4 rings (SSSR count). The first-order chi connectivity index (χ1) is 27.9. The third kappa shape index (κ3) is 17.0. The molecule has 0 spiro atoms. The Morgan fingerprint density at radius 3 is 2.25 bits per heavy atom. The highest BCUT2D eigenvalue weighted by molar-refractivity contribution is 5.93. The number of alkyl carbamates (subject to hydrolysis) is 1. The Balaban J connectivity index is 1.40. The Labute approximate surface area is 348 Å². The van der Waals surface area contributed by atoms with Crippen LogP contribution < -0.4 is 20.7 Å². The number of carbonyl (C=O) groups is 5. The molecule has 1 aromatic heterocycles. The number of aromatic nitrogens is 1. The molecule has 0 aliphatic carbocycles. The van der Waals surface area contributed by atoms with Crippen LogP contribution in [0.25, 0.3) is 0 Å². The zero-order valence-corrected chi connectivity index (χ0v) is 35.5. The standard InChI is InChI=1S/C45H61N5O9/c1-31-15-17-36(56-25-21-33-14-11-24-50(29-33)43(55)59-45(5,6)7)26-35(31)28-47-40(52)37(18-16-32-19-22-46-23-20-32)48-41(53)38(27-39(51)58-44(2,3)4)49-42(54)57-30-34-12-9-8-10-13-34/h8-10,12-13,15,17,19-20,22-23,26,33,37-38H,11,14,16,18,21,24-25,27-30H2,1-7H3,(H,47,52)(H,48,53)(H,49,54)/t33?,37?,38-/m0/s1. The third-order valence-electron chi connectivity index (χ3n) is 9.46.